The minimum Gasteiger partial charge on any atom is -0.480 e. The Balaban J connectivity index is 2.04. The Hall–Kier alpha value is -1.50. The average Bonchev–Trinajstić information content (AvgIpc) is 2.48. The number of morpholine rings is 1. The fraction of sp³-hybridized carbons (Fsp3) is 0.562. The summed E-state index contributed by atoms with van der Waals surface area (Å²) >= 11 is 0. The molecule has 6 heteroatoms. The molecule has 0 bridgehead atoms. The normalized spacial score (nSPS) is 17.6. The molecule has 22 heavy (non-hydrogen) atoms. The van der Waals surface area contributed by atoms with Gasteiger partial charge in [-0.25, -0.2) is 4.39 Å². The van der Waals surface area contributed by atoms with Gasteiger partial charge in [-0.3, -0.25) is 14.6 Å². The van der Waals surface area contributed by atoms with Crippen LogP contribution in [-0.4, -0.2) is 67.3 Å². The molecule has 1 N–H and O–H groups in total. The van der Waals surface area contributed by atoms with Gasteiger partial charge in [-0.15, -0.1) is 0 Å². The number of aryl methyl sites for hydroxylation is 1. The minimum absolute atomic E-state index is 0.211. The smallest absolute Gasteiger partial charge is 0.325 e. The van der Waals surface area contributed by atoms with Gasteiger partial charge in [0, 0.05) is 31.7 Å². The first-order chi connectivity index (χ1) is 10.5. The molecular weight excluding hydrogens is 287 g/mol. The summed E-state index contributed by atoms with van der Waals surface area (Å²) in [6.07, 6.45) is 0. The van der Waals surface area contributed by atoms with E-state index < -0.39 is 17.8 Å². The third-order valence-corrected chi connectivity index (χ3v) is 4.00. The van der Waals surface area contributed by atoms with E-state index in [1.165, 1.54) is 6.07 Å². The first-order valence-corrected chi connectivity index (χ1v) is 7.48. The van der Waals surface area contributed by atoms with Crippen molar-refractivity contribution in [1.29, 1.82) is 0 Å². The van der Waals surface area contributed by atoms with E-state index in [1.54, 1.807) is 31.0 Å². The summed E-state index contributed by atoms with van der Waals surface area (Å²) in [5, 5.41) is 9.49. The van der Waals surface area contributed by atoms with Gasteiger partial charge in [0.1, 0.15) is 11.9 Å². The molecule has 0 aromatic heterocycles. The van der Waals surface area contributed by atoms with Crippen LogP contribution < -0.4 is 0 Å². The van der Waals surface area contributed by atoms with E-state index in [-0.39, 0.29) is 5.56 Å². The first-order valence-electron chi connectivity index (χ1n) is 7.48. The third-order valence-electron chi connectivity index (χ3n) is 4.00. The zero-order chi connectivity index (χ0) is 16.1. The number of hydrogen-bond donors (Lipinski definition) is 1. The molecule has 1 aliphatic rings. The lowest BCUT2D eigenvalue weighted by atomic mass is 10.0. The van der Waals surface area contributed by atoms with Gasteiger partial charge in [0.2, 0.25) is 0 Å². The quantitative estimate of drug-likeness (QED) is 0.863. The van der Waals surface area contributed by atoms with Crippen LogP contribution in [0.15, 0.2) is 18.2 Å². The van der Waals surface area contributed by atoms with E-state index in [0.717, 1.165) is 25.2 Å². The van der Waals surface area contributed by atoms with Gasteiger partial charge >= 0.3 is 5.97 Å². The van der Waals surface area contributed by atoms with E-state index in [2.05, 4.69) is 4.90 Å². The summed E-state index contributed by atoms with van der Waals surface area (Å²) < 4.78 is 19.4. The number of likely N-dealkylation sites (N-methyl/N-ethyl adjacent to an activating group) is 1. The molecule has 1 saturated heterocycles. The molecule has 1 atom stereocenters. The van der Waals surface area contributed by atoms with E-state index in [4.69, 9.17) is 4.74 Å². The number of hydrogen-bond acceptors (Lipinski definition) is 4. The van der Waals surface area contributed by atoms with Crippen molar-refractivity contribution in [2.45, 2.75) is 13.0 Å². The number of nitrogens with zero attached hydrogens (tertiary/aromatic N) is 2. The highest BCUT2D eigenvalue weighted by Crippen LogP contribution is 2.23. The van der Waals surface area contributed by atoms with Crippen molar-refractivity contribution in [2.75, 3.05) is 46.4 Å². The number of ether oxygens (including phenoxy) is 1. The molecule has 0 amide bonds. The van der Waals surface area contributed by atoms with Crippen molar-refractivity contribution in [3.63, 3.8) is 0 Å². The average molecular weight is 310 g/mol. The van der Waals surface area contributed by atoms with Crippen LogP contribution in [0.2, 0.25) is 0 Å². The van der Waals surface area contributed by atoms with Gasteiger partial charge < -0.3 is 9.84 Å². The van der Waals surface area contributed by atoms with Crippen molar-refractivity contribution in [3.8, 4) is 0 Å². The number of aliphatic carboxylic acids is 1. The molecule has 122 valence electrons. The van der Waals surface area contributed by atoms with Crippen molar-refractivity contribution >= 4 is 5.97 Å². The molecule has 0 spiro atoms. The highest BCUT2D eigenvalue weighted by atomic mass is 19.1. The standard InChI is InChI=1S/C16H23FN2O3/c1-12-3-4-13(14(17)11-12)15(16(20)21)18(2)5-6-19-7-9-22-10-8-19/h3-4,11,15H,5-10H2,1-2H3,(H,20,21)/t15-/m1/s1. The molecule has 0 saturated carbocycles. The van der Waals surface area contributed by atoms with Crippen LogP contribution >= 0.6 is 0 Å². The Labute approximate surface area is 130 Å². The molecule has 0 aliphatic carbocycles. The maximum Gasteiger partial charge on any atom is 0.325 e. The summed E-state index contributed by atoms with van der Waals surface area (Å²) in [4.78, 5) is 15.5. The number of halogens is 1. The SMILES string of the molecule is Cc1ccc([C@H](C(=O)O)N(C)CCN2CCOCC2)c(F)c1. The van der Waals surface area contributed by atoms with Crippen LogP contribution in [0, 0.1) is 12.7 Å². The van der Waals surface area contributed by atoms with E-state index >= 15 is 0 Å². The Morgan fingerprint density at radius 1 is 1.45 bits per heavy atom. The summed E-state index contributed by atoms with van der Waals surface area (Å²) in [5.41, 5.74) is 0.990. The van der Waals surface area contributed by atoms with Crippen LogP contribution in [0.3, 0.4) is 0 Å². The molecule has 1 fully saturated rings. The van der Waals surface area contributed by atoms with Gasteiger partial charge in [0.25, 0.3) is 0 Å². The van der Waals surface area contributed by atoms with Gasteiger partial charge in [-0.2, -0.15) is 0 Å². The first kappa shape index (κ1) is 16.9. The Morgan fingerprint density at radius 3 is 2.73 bits per heavy atom. The Bertz CT molecular complexity index is 518. The van der Waals surface area contributed by atoms with E-state index in [9.17, 15) is 14.3 Å². The highest BCUT2D eigenvalue weighted by Gasteiger charge is 2.27. The predicted molar refractivity (Wildman–Crippen MR) is 81.4 cm³/mol. The minimum atomic E-state index is -1.03. The van der Waals surface area contributed by atoms with Crippen molar-refractivity contribution in [1.82, 2.24) is 9.80 Å². The number of benzene rings is 1. The van der Waals surface area contributed by atoms with E-state index in [0.29, 0.717) is 19.8 Å². The zero-order valence-corrected chi connectivity index (χ0v) is 13.1. The highest BCUT2D eigenvalue weighted by molar-refractivity contribution is 5.75. The van der Waals surface area contributed by atoms with Crippen LogP contribution in [-0.2, 0) is 9.53 Å². The molecule has 0 unspecified atom stereocenters. The van der Waals surface area contributed by atoms with E-state index in [1.807, 2.05) is 0 Å². The second kappa shape index (κ2) is 7.67. The fourth-order valence-corrected chi connectivity index (χ4v) is 2.67. The summed E-state index contributed by atoms with van der Waals surface area (Å²) in [5.74, 6) is -1.50. The van der Waals surface area contributed by atoms with Crippen molar-refractivity contribution in [2.24, 2.45) is 0 Å². The second-order valence-electron chi connectivity index (χ2n) is 5.70. The van der Waals surface area contributed by atoms with Gasteiger partial charge in [-0.1, -0.05) is 12.1 Å². The summed E-state index contributed by atoms with van der Waals surface area (Å²) in [6.45, 7) is 6.21. The third kappa shape index (κ3) is 4.25. The number of carbonyl (C=O) groups is 1. The maximum absolute atomic E-state index is 14.1. The number of carboxylic acid groups (broad SMARTS) is 1. The van der Waals surface area contributed by atoms with Crippen LogP contribution in [0.25, 0.3) is 0 Å². The maximum atomic E-state index is 14.1. The largest absolute Gasteiger partial charge is 0.480 e. The van der Waals surface area contributed by atoms with Crippen molar-refractivity contribution in [3.05, 3.63) is 35.1 Å². The number of rotatable bonds is 6. The zero-order valence-electron chi connectivity index (χ0n) is 13.1. The lowest BCUT2D eigenvalue weighted by Crippen LogP contribution is -2.42. The lowest BCUT2D eigenvalue weighted by molar-refractivity contribution is -0.143. The topological polar surface area (TPSA) is 53.0 Å². The second-order valence-corrected chi connectivity index (χ2v) is 5.70. The monoisotopic (exact) mass is 310 g/mol. The fourth-order valence-electron chi connectivity index (χ4n) is 2.67. The molecule has 1 aromatic carbocycles. The Kier molecular flexibility index (Phi) is 5.88. The summed E-state index contributed by atoms with van der Waals surface area (Å²) in [7, 11) is 1.72. The van der Waals surface area contributed by atoms with Crippen LogP contribution in [0.5, 0.6) is 0 Å². The molecular formula is C16H23FN2O3. The van der Waals surface area contributed by atoms with Gasteiger partial charge in [0.15, 0.2) is 0 Å². The lowest BCUT2D eigenvalue weighted by Gasteiger charge is -2.31. The van der Waals surface area contributed by atoms with Gasteiger partial charge in [0.05, 0.1) is 13.2 Å². The molecule has 5 nitrogen and oxygen atoms in total. The van der Waals surface area contributed by atoms with Crippen LogP contribution in [0.1, 0.15) is 17.2 Å². The molecule has 1 aromatic rings. The van der Waals surface area contributed by atoms with Gasteiger partial charge in [-0.05, 0) is 25.6 Å². The molecule has 2 rings (SSSR count). The number of carboxylic acids is 1. The molecule has 1 aliphatic heterocycles. The summed E-state index contributed by atoms with van der Waals surface area (Å²) in [6, 6.07) is 3.71. The van der Waals surface area contributed by atoms with Crippen LogP contribution in [0.4, 0.5) is 4.39 Å². The molecule has 1 heterocycles. The molecule has 0 radical (unpaired) electrons. The predicted octanol–water partition coefficient (Wildman–Crippen LogP) is 1.52. The Morgan fingerprint density at radius 2 is 2.14 bits per heavy atom. The van der Waals surface area contributed by atoms with Crippen molar-refractivity contribution < 1.29 is 19.0 Å².